The van der Waals surface area contributed by atoms with Gasteiger partial charge in [0.15, 0.2) is 5.58 Å². The van der Waals surface area contributed by atoms with Crippen LogP contribution in [0.2, 0.25) is 0 Å². The molecule has 5 heteroatoms. The van der Waals surface area contributed by atoms with Crippen LogP contribution >= 0.6 is 0 Å². The Morgan fingerprint density at radius 3 is 2.58 bits per heavy atom. The highest BCUT2D eigenvalue weighted by Gasteiger charge is 2.16. The van der Waals surface area contributed by atoms with Crippen molar-refractivity contribution < 1.29 is 8.83 Å². The Morgan fingerprint density at radius 2 is 1.74 bits per heavy atom. The summed E-state index contributed by atoms with van der Waals surface area (Å²) in [4.78, 5) is 16.7. The standard InChI is InChI=1S/C26H22N2O3/c1-16-8-9-20-22(12-25(29)30-23(20)10-16)24-11-21-19(15-28-17(2)26(21)31-24)14-27-13-18-6-4-3-5-7-18/h3-12,15,27H,13-14H2,1-2H3. The SMILES string of the molecule is Cc1ccc2c(-c3cc4c(CNCc5ccccc5)cnc(C)c4o3)cc(=O)oc2c1. The lowest BCUT2D eigenvalue weighted by Crippen LogP contribution is -2.13. The van der Waals surface area contributed by atoms with Gasteiger partial charge in [-0.15, -0.1) is 0 Å². The summed E-state index contributed by atoms with van der Waals surface area (Å²) in [5, 5.41) is 5.32. The molecule has 31 heavy (non-hydrogen) atoms. The van der Waals surface area contributed by atoms with Crippen LogP contribution in [0.25, 0.3) is 33.3 Å². The summed E-state index contributed by atoms with van der Waals surface area (Å²) in [6, 6.07) is 19.6. The van der Waals surface area contributed by atoms with E-state index in [4.69, 9.17) is 8.83 Å². The van der Waals surface area contributed by atoms with E-state index in [1.165, 1.54) is 11.6 Å². The average molecular weight is 410 g/mol. The fourth-order valence-electron chi connectivity index (χ4n) is 3.89. The molecule has 5 nitrogen and oxygen atoms in total. The molecule has 5 aromatic rings. The molecular weight excluding hydrogens is 388 g/mol. The van der Waals surface area contributed by atoms with Crippen LogP contribution in [0, 0.1) is 13.8 Å². The molecule has 0 saturated carbocycles. The minimum Gasteiger partial charge on any atom is -0.454 e. The average Bonchev–Trinajstić information content (AvgIpc) is 3.22. The van der Waals surface area contributed by atoms with Crippen molar-refractivity contribution in [3.63, 3.8) is 0 Å². The van der Waals surface area contributed by atoms with Gasteiger partial charge < -0.3 is 14.2 Å². The summed E-state index contributed by atoms with van der Waals surface area (Å²) >= 11 is 0. The van der Waals surface area contributed by atoms with Crippen molar-refractivity contribution in [3.8, 4) is 11.3 Å². The summed E-state index contributed by atoms with van der Waals surface area (Å²) in [5.74, 6) is 0.636. The van der Waals surface area contributed by atoms with Crippen molar-refractivity contribution >= 4 is 21.9 Å². The van der Waals surface area contributed by atoms with Gasteiger partial charge >= 0.3 is 5.63 Å². The van der Waals surface area contributed by atoms with E-state index in [1.54, 1.807) is 0 Å². The number of hydrogen-bond donors (Lipinski definition) is 1. The van der Waals surface area contributed by atoms with Crippen molar-refractivity contribution in [3.05, 3.63) is 99.7 Å². The van der Waals surface area contributed by atoms with Gasteiger partial charge in [-0.1, -0.05) is 42.5 Å². The van der Waals surface area contributed by atoms with Crippen molar-refractivity contribution in [2.45, 2.75) is 26.9 Å². The number of benzene rings is 2. The second-order valence-corrected chi connectivity index (χ2v) is 7.79. The minimum atomic E-state index is -0.395. The van der Waals surface area contributed by atoms with E-state index in [9.17, 15) is 4.79 Å². The molecule has 0 saturated heterocycles. The molecule has 1 N–H and O–H groups in total. The number of pyridine rings is 1. The summed E-state index contributed by atoms with van der Waals surface area (Å²) in [6.45, 7) is 5.33. The summed E-state index contributed by atoms with van der Waals surface area (Å²) in [5.41, 5.74) is 5.75. The van der Waals surface area contributed by atoms with Crippen molar-refractivity contribution in [2.24, 2.45) is 0 Å². The van der Waals surface area contributed by atoms with E-state index < -0.39 is 5.63 Å². The Hall–Kier alpha value is -3.70. The Morgan fingerprint density at radius 1 is 0.903 bits per heavy atom. The lowest BCUT2D eigenvalue weighted by Gasteiger charge is -2.06. The zero-order chi connectivity index (χ0) is 21.4. The molecule has 5 rings (SSSR count). The number of furan rings is 1. The van der Waals surface area contributed by atoms with Crippen molar-refractivity contribution in [1.29, 1.82) is 0 Å². The summed E-state index contributed by atoms with van der Waals surface area (Å²) in [6.07, 6.45) is 1.88. The Balaban J connectivity index is 1.55. The highest BCUT2D eigenvalue weighted by molar-refractivity contribution is 5.95. The van der Waals surface area contributed by atoms with Crippen molar-refractivity contribution in [2.75, 3.05) is 0 Å². The third kappa shape index (κ3) is 3.76. The summed E-state index contributed by atoms with van der Waals surface area (Å²) < 4.78 is 11.6. The van der Waals surface area contributed by atoms with Gasteiger partial charge in [0.25, 0.3) is 0 Å². The Labute approximate surface area is 179 Å². The number of rotatable bonds is 5. The van der Waals surface area contributed by atoms with Crippen LogP contribution in [0.5, 0.6) is 0 Å². The van der Waals surface area contributed by atoms with E-state index in [2.05, 4.69) is 22.4 Å². The van der Waals surface area contributed by atoms with Gasteiger partial charge in [0.1, 0.15) is 11.3 Å². The fourth-order valence-corrected chi connectivity index (χ4v) is 3.89. The largest absolute Gasteiger partial charge is 0.454 e. The topological polar surface area (TPSA) is 68.3 Å². The van der Waals surface area contributed by atoms with Crippen LogP contribution in [0.1, 0.15) is 22.4 Å². The first-order valence-electron chi connectivity index (χ1n) is 10.3. The molecule has 0 bridgehead atoms. The van der Waals surface area contributed by atoms with E-state index >= 15 is 0 Å². The van der Waals surface area contributed by atoms with E-state index in [1.807, 2.05) is 62.5 Å². The first-order chi connectivity index (χ1) is 15.1. The van der Waals surface area contributed by atoms with Gasteiger partial charge in [0.2, 0.25) is 0 Å². The normalized spacial score (nSPS) is 11.4. The maximum absolute atomic E-state index is 12.2. The molecule has 0 fully saturated rings. The maximum Gasteiger partial charge on any atom is 0.336 e. The number of aromatic nitrogens is 1. The summed E-state index contributed by atoms with van der Waals surface area (Å²) in [7, 11) is 0. The molecule has 0 aliphatic rings. The van der Waals surface area contributed by atoms with Crippen LogP contribution in [0.3, 0.4) is 0 Å². The van der Waals surface area contributed by atoms with Gasteiger partial charge in [0, 0.05) is 41.7 Å². The zero-order valence-corrected chi connectivity index (χ0v) is 17.4. The van der Waals surface area contributed by atoms with E-state index in [0.29, 0.717) is 17.9 Å². The monoisotopic (exact) mass is 410 g/mol. The molecular formula is C26H22N2O3. The quantitative estimate of drug-likeness (QED) is 0.387. The predicted molar refractivity (Wildman–Crippen MR) is 122 cm³/mol. The maximum atomic E-state index is 12.2. The first-order valence-corrected chi connectivity index (χ1v) is 10.3. The third-order valence-corrected chi connectivity index (χ3v) is 5.47. The molecule has 0 unspecified atom stereocenters. The smallest absolute Gasteiger partial charge is 0.336 e. The van der Waals surface area contributed by atoms with Crippen LogP contribution in [-0.2, 0) is 13.1 Å². The van der Waals surface area contributed by atoms with Crippen LogP contribution < -0.4 is 10.9 Å². The first kappa shape index (κ1) is 19.3. The Bertz CT molecular complexity index is 1450. The molecule has 154 valence electrons. The zero-order valence-electron chi connectivity index (χ0n) is 17.4. The Kier molecular flexibility index (Phi) is 4.88. The minimum absolute atomic E-state index is 0.395. The molecule has 0 atom stereocenters. The number of nitrogens with zero attached hydrogens (tertiary/aromatic N) is 1. The predicted octanol–water partition coefficient (Wildman–Crippen LogP) is 5.51. The van der Waals surface area contributed by atoms with Crippen LogP contribution in [0.4, 0.5) is 0 Å². The second-order valence-electron chi connectivity index (χ2n) is 7.79. The molecule has 0 amide bonds. The molecule has 0 radical (unpaired) electrons. The third-order valence-electron chi connectivity index (χ3n) is 5.47. The van der Waals surface area contributed by atoms with Gasteiger partial charge in [-0.3, -0.25) is 4.98 Å². The van der Waals surface area contributed by atoms with Crippen LogP contribution in [-0.4, -0.2) is 4.98 Å². The molecule has 0 aliphatic heterocycles. The van der Waals surface area contributed by atoms with Gasteiger partial charge in [-0.05, 0) is 42.7 Å². The van der Waals surface area contributed by atoms with Gasteiger partial charge in [0.05, 0.1) is 5.69 Å². The van der Waals surface area contributed by atoms with E-state index in [0.717, 1.165) is 45.3 Å². The number of fused-ring (bicyclic) bond motifs is 2. The number of aryl methyl sites for hydroxylation is 2. The molecule has 3 heterocycles. The van der Waals surface area contributed by atoms with Gasteiger partial charge in [-0.2, -0.15) is 0 Å². The van der Waals surface area contributed by atoms with Gasteiger partial charge in [-0.25, -0.2) is 4.79 Å². The lowest BCUT2D eigenvalue weighted by molar-refractivity contribution is 0.559. The fraction of sp³-hybridized carbons (Fsp3) is 0.154. The highest BCUT2D eigenvalue weighted by Crippen LogP contribution is 2.34. The lowest BCUT2D eigenvalue weighted by atomic mass is 10.1. The molecule has 0 spiro atoms. The number of hydrogen-bond acceptors (Lipinski definition) is 5. The molecule has 3 aromatic heterocycles. The second kappa shape index (κ2) is 7.85. The van der Waals surface area contributed by atoms with Crippen LogP contribution in [0.15, 0.2) is 80.5 Å². The molecule has 0 aliphatic carbocycles. The molecule has 2 aromatic carbocycles. The van der Waals surface area contributed by atoms with Crippen molar-refractivity contribution in [1.82, 2.24) is 10.3 Å². The van der Waals surface area contributed by atoms with E-state index in [-0.39, 0.29) is 0 Å². The highest BCUT2D eigenvalue weighted by atomic mass is 16.4. The number of nitrogens with one attached hydrogen (secondary N) is 1.